The summed E-state index contributed by atoms with van der Waals surface area (Å²) >= 11 is 0. The van der Waals surface area contributed by atoms with Crippen molar-refractivity contribution in [3.8, 4) is 0 Å². The Hall–Kier alpha value is -4.53. The molecule has 0 aliphatic rings. The minimum atomic E-state index is -1.000. The highest BCUT2D eigenvalue weighted by molar-refractivity contribution is 6.04. The predicted octanol–water partition coefficient (Wildman–Crippen LogP) is 3.88. The van der Waals surface area contributed by atoms with Gasteiger partial charge >= 0.3 is 5.97 Å². The smallest absolute Gasteiger partial charge is 0.345 e. The standard InChI is InChI=1S/C24H21N3O6/c1-16(17-9-3-2-4-10-17)25-23(29)18-11-5-7-13-20(18)26-22(28)15-33-24(30)19-12-6-8-14-21(19)27(31)32/h2-14,16H,15H2,1H3,(H,25,29)(H,26,28). The summed E-state index contributed by atoms with van der Waals surface area (Å²) < 4.78 is 4.92. The predicted molar refractivity (Wildman–Crippen MR) is 121 cm³/mol. The fourth-order valence-electron chi connectivity index (χ4n) is 3.09. The van der Waals surface area contributed by atoms with Crippen LogP contribution in [0.1, 0.15) is 39.2 Å². The Morgan fingerprint density at radius 1 is 0.909 bits per heavy atom. The zero-order valence-electron chi connectivity index (χ0n) is 17.7. The third kappa shape index (κ3) is 6.01. The molecule has 0 aromatic heterocycles. The van der Waals surface area contributed by atoms with Gasteiger partial charge in [0.25, 0.3) is 17.5 Å². The number of anilines is 1. The van der Waals surface area contributed by atoms with Gasteiger partial charge in [0.1, 0.15) is 5.56 Å². The maximum absolute atomic E-state index is 12.8. The second kappa shape index (κ2) is 10.7. The van der Waals surface area contributed by atoms with Crippen LogP contribution in [0.2, 0.25) is 0 Å². The van der Waals surface area contributed by atoms with Crippen LogP contribution in [0.5, 0.6) is 0 Å². The average Bonchev–Trinajstić information content (AvgIpc) is 2.83. The number of amides is 2. The molecule has 0 heterocycles. The first kappa shape index (κ1) is 23.1. The van der Waals surface area contributed by atoms with Gasteiger partial charge in [-0.15, -0.1) is 0 Å². The van der Waals surface area contributed by atoms with E-state index in [0.29, 0.717) is 0 Å². The molecule has 3 aromatic rings. The third-order valence-electron chi connectivity index (χ3n) is 4.75. The largest absolute Gasteiger partial charge is 0.452 e. The Labute approximate surface area is 189 Å². The molecule has 0 aliphatic heterocycles. The Bertz CT molecular complexity index is 1180. The number of hydrogen-bond donors (Lipinski definition) is 2. The number of carbonyl (C=O) groups excluding carboxylic acids is 3. The Kier molecular flexibility index (Phi) is 7.48. The fourth-order valence-corrected chi connectivity index (χ4v) is 3.09. The molecule has 0 saturated heterocycles. The Morgan fingerprint density at radius 3 is 2.21 bits per heavy atom. The van der Waals surface area contributed by atoms with Crippen molar-refractivity contribution in [3.05, 3.63) is 106 Å². The van der Waals surface area contributed by atoms with E-state index in [1.165, 1.54) is 24.3 Å². The summed E-state index contributed by atoms with van der Waals surface area (Å²) in [6, 6.07) is 20.8. The van der Waals surface area contributed by atoms with Crippen LogP contribution in [-0.4, -0.2) is 29.3 Å². The fraction of sp³-hybridized carbons (Fsp3) is 0.125. The van der Waals surface area contributed by atoms with Gasteiger partial charge in [-0.25, -0.2) is 4.79 Å². The molecule has 0 bridgehead atoms. The van der Waals surface area contributed by atoms with Crippen molar-refractivity contribution in [1.82, 2.24) is 5.32 Å². The van der Waals surface area contributed by atoms with E-state index in [-0.39, 0.29) is 28.8 Å². The Balaban J connectivity index is 1.63. The summed E-state index contributed by atoms with van der Waals surface area (Å²) in [5.74, 6) is -2.09. The number of benzene rings is 3. The first-order valence-electron chi connectivity index (χ1n) is 10.0. The van der Waals surface area contributed by atoms with Gasteiger partial charge in [0.2, 0.25) is 0 Å². The maximum atomic E-state index is 12.8. The van der Waals surface area contributed by atoms with Gasteiger partial charge < -0.3 is 15.4 Å². The molecule has 0 fully saturated rings. The second-order valence-electron chi connectivity index (χ2n) is 7.05. The summed E-state index contributed by atoms with van der Waals surface area (Å²) in [7, 11) is 0. The normalized spacial score (nSPS) is 11.2. The Morgan fingerprint density at radius 2 is 1.52 bits per heavy atom. The number of hydrogen-bond acceptors (Lipinski definition) is 6. The van der Waals surface area contributed by atoms with Crippen molar-refractivity contribution >= 4 is 29.2 Å². The molecule has 0 spiro atoms. The first-order chi connectivity index (χ1) is 15.9. The van der Waals surface area contributed by atoms with E-state index < -0.39 is 29.1 Å². The molecule has 3 rings (SSSR count). The average molecular weight is 447 g/mol. The van der Waals surface area contributed by atoms with Crippen molar-refractivity contribution in [3.63, 3.8) is 0 Å². The highest BCUT2D eigenvalue weighted by Gasteiger charge is 2.22. The number of para-hydroxylation sites is 2. The van der Waals surface area contributed by atoms with E-state index in [9.17, 15) is 24.5 Å². The van der Waals surface area contributed by atoms with Gasteiger partial charge in [-0.1, -0.05) is 54.6 Å². The van der Waals surface area contributed by atoms with Crippen LogP contribution in [0.4, 0.5) is 11.4 Å². The molecule has 33 heavy (non-hydrogen) atoms. The van der Waals surface area contributed by atoms with Gasteiger partial charge in [-0.05, 0) is 30.7 Å². The summed E-state index contributed by atoms with van der Waals surface area (Å²) in [6.45, 7) is 1.16. The zero-order chi connectivity index (χ0) is 23.8. The minimum Gasteiger partial charge on any atom is -0.452 e. The molecule has 0 aliphatic carbocycles. The second-order valence-corrected chi connectivity index (χ2v) is 7.05. The molecule has 168 valence electrons. The van der Waals surface area contributed by atoms with Crippen LogP contribution < -0.4 is 10.6 Å². The van der Waals surface area contributed by atoms with E-state index >= 15 is 0 Å². The van der Waals surface area contributed by atoms with Crippen LogP contribution in [0.15, 0.2) is 78.9 Å². The number of ether oxygens (including phenoxy) is 1. The van der Waals surface area contributed by atoms with E-state index in [0.717, 1.165) is 5.56 Å². The van der Waals surface area contributed by atoms with Crippen molar-refractivity contribution < 1.29 is 24.0 Å². The van der Waals surface area contributed by atoms with Gasteiger partial charge in [-0.3, -0.25) is 19.7 Å². The topological polar surface area (TPSA) is 128 Å². The molecule has 1 atom stereocenters. The summed E-state index contributed by atoms with van der Waals surface area (Å²) in [5, 5.41) is 16.5. The van der Waals surface area contributed by atoms with Crippen LogP contribution in [0, 0.1) is 10.1 Å². The van der Waals surface area contributed by atoms with Crippen LogP contribution in [0.25, 0.3) is 0 Å². The van der Waals surface area contributed by atoms with Crippen LogP contribution in [0.3, 0.4) is 0 Å². The van der Waals surface area contributed by atoms with Crippen LogP contribution >= 0.6 is 0 Å². The van der Waals surface area contributed by atoms with Crippen molar-refractivity contribution in [2.75, 3.05) is 11.9 Å². The van der Waals surface area contributed by atoms with E-state index in [1.807, 2.05) is 37.3 Å². The van der Waals surface area contributed by atoms with E-state index in [1.54, 1.807) is 24.3 Å². The molecule has 0 radical (unpaired) electrons. The van der Waals surface area contributed by atoms with Crippen molar-refractivity contribution in [2.45, 2.75) is 13.0 Å². The monoisotopic (exact) mass is 447 g/mol. The maximum Gasteiger partial charge on any atom is 0.345 e. The van der Waals surface area contributed by atoms with Gasteiger partial charge in [0.15, 0.2) is 6.61 Å². The number of nitro benzene ring substituents is 1. The molecular weight excluding hydrogens is 426 g/mol. The molecule has 2 N–H and O–H groups in total. The summed E-state index contributed by atoms with van der Waals surface area (Å²) in [5.41, 5.74) is 0.720. The van der Waals surface area contributed by atoms with Gasteiger partial charge in [0, 0.05) is 6.07 Å². The minimum absolute atomic E-state index is 0.235. The number of rotatable bonds is 8. The molecular formula is C24H21N3O6. The lowest BCUT2D eigenvalue weighted by molar-refractivity contribution is -0.385. The molecule has 1 unspecified atom stereocenters. The van der Waals surface area contributed by atoms with Gasteiger partial charge in [0.05, 0.1) is 22.2 Å². The first-order valence-corrected chi connectivity index (χ1v) is 10.0. The lowest BCUT2D eigenvalue weighted by atomic mass is 10.1. The number of carbonyl (C=O) groups is 3. The molecule has 9 nitrogen and oxygen atoms in total. The summed E-state index contributed by atoms with van der Waals surface area (Å²) in [4.78, 5) is 47.6. The molecule has 2 amide bonds. The zero-order valence-corrected chi connectivity index (χ0v) is 17.7. The SMILES string of the molecule is CC(NC(=O)c1ccccc1NC(=O)COC(=O)c1ccccc1[N+](=O)[O-])c1ccccc1. The van der Waals surface area contributed by atoms with E-state index in [4.69, 9.17) is 4.74 Å². The molecule has 0 saturated carbocycles. The summed E-state index contributed by atoms with van der Waals surface area (Å²) in [6.07, 6.45) is 0. The number of nitro groups is 1. The molecule has 9 heteroatoms. The third-order valence-corrected chi connectivity index (χ3v) is 4.75. The lowest BCUT2D eigenvalue weighted by Gasteiger charge is -2.16. The van der Waals surface area contributed by atoms with Crippen molar-refractivity contribution in [2.24, 2.45) is 0 Å². The highest BCUT2D eigenvalue weighted by atomic mass is 16.6. The number of esters is 1. The lowest BCUT2D eigenvalue weighted by Crippen LogP contribution is -2.28. The number of nitrogens with zero attached hydrogens (tertiary/aromatic N) is 1. The van der Waals surface area contributed by atoms with Crippen molar-refractivity contribution in [1.29, 1.82) is 0 Å². The van der Waals surface area contributed by atoms with E-state index in [2.05, 4.69) is 10.6 Å². The van der Waals surface area contributed by atoms with Gasteiger partial charge in [-0.2, -0.15) is 0 Å². The highest BCUT2D eigenvalue weighted by Crippen LogP contribution is 2.20. The quantitative estimate of drug-likeness (QED) is 0.306. The van der Waals surface area contributed by atoms with Crippen LogP contribution in [-0.2, 0) is 9.53 Å². The number of nitrogens with one attached hydrogen (secondary N) is 2. The molecule has 3 aromatic carbocycles.